The third kappa shape index (κ3) is 8.27. The average Bonchev–Trinajstić information content (AvgIpc) is 1.65. The molecule has 0 N–H and O–H groups in total. The van der Waals surface area contributed by atoms with E-state index < -0.39 is 0 Å². The lowest BCUT2D eigenvalue weighted by molar-refractivity contribution is 0.590. The van der Waals surface area contributed by atoms with E-state index in [1.165, 1.54) is 69.8 Å². The van der Waals surface area contributed by atoms with Gasteiger partial charge in [-0.2, -0.15) is 0 Å². The van der Waals surface area contributed by atoms with Crippen molar-refractivity contribution in [3.8, 4) is 0 Å². The fraction of sp³-hybridized carbons (Fsp3) is 0.103. The molecule has 12 aromatic carbocycles. The molecule has 408 valence electrons. The van der Waals surface area contributed by atoms with E-state index >= 15 is 0 Å². The molecule has 0 atom stereocenters. The number of rotatable bonds is 8. The Morgan fingerprint density at radius 1 is 0.376 bits per heavy atom. The molecule has 0 saturated carbocycles. The van der Waals surface area contributed by atoms with E-state index in [9.17, 15) is 0 Å². The zero-order chi connectivity index (χ0) is 57.3. The van der Waals surface area contributed by atoms with Crippen LogP contribution in [0.3, 0.4) is 0 Å². The van der Waals surface area contributed by atoms with Crippen LogP contribution in [0.25, 0.3) is 52.9 Å². The van der Waals surface area contributed by atoms with Crippen LogP contribution < -0.4 is 36.0 Å². The van der Waals surface area contributed by atoms with E-state index in [1.54, 1.807) is 0 Å². The Bertz CT molecular complexity index is 4900. The van der Waals surface area contributed by atoms with Crippen LogP contribution in [0.4, 0.5) is 68.2 Å². The molecule has 0 aliphatic carbocycles. The Kier molecular flexibility index (Phi) is 11.6. The highest BCUT2D eigenvalue weighted by molar-refractivity contribution is 7.28. The van der Waals surface area contributed by atoms with Crippen molar-refractivity contribution in [3.63, 3.8) is 0 Å². The number of thiophene rings is 1. The molecular weight excluding hydrogens is 1050 g/mol. The normalized spacial score (nSPS) is 13.0. The number of benzene rings is 12. The van der Waals surface area contributed by atoms with Crippen molar-refractivity contribution in [2.45, 2.75) is 52.4 Å². The first-order valence-electron chi connectivity index (χ1n) is 29.6. The first kappa shape index (κ1) is 50.9. The summed E-state index contributed by atoms with van der Waals surface area (Å²) < 4.78 is 9.00. The van der Waals surface area contributed by atoms with Crippen LogP contribution in [0.2, 0.25) is 0 Å². The summed E-state index contributed by atoms with van der Waals surface area (Å²) >= 11 is 1.92. The minimum Gasteiger partial charge on any atom is -0.456 e. The van der Waals surface area contributed by atoms with E-state index in [0.29, 0.717) is 0 Å². The maximum atomic E-state index is 6.46. The molecule has 0 saturated heterocycles. The standard InChI is InChI=1S/C78H61BN4OS/c1-77(2,3)52-33-38-56(39-34-52)82-65-28-19-29-66-74(65)79(64-44-42-60(48-67(64)82)80(58-37-32-50-20-13-14-21-51(50)46-58)59-43-45-71-63(47-59)61-26-15-17-30-70(61)84-71)75-69(83(66)57-40-35-53(36-41-57)78(4,5)6)49-68(73-62-27-16-18-31-72(62)85-76(73)75)81(54-22-9-7-10-23-54)55-24-11-8-12-25-55/h7-49H,1-6H3. The van der Waals surface area contributed by atoms with Crippen LogP contribution in [0.5, 0.6) is 0 Å². The lowest BCUT2D eigenvalue weighted by Gasteiger charge is -2.45. The van der Waals surface area contributed by atoms with E-state index in [1.807, 2.05) is 17.4 Å². The van der Waals surface area contributed by atoms with Gasteiger partial charge in [0.15, 0.2) is 0 Å². The number of fused-ring (bicyclic) bond motifs is 12. The van der Waals surface area contributed by atoms with Gasteiger partial charge in [-0.1, -0.05) is 181 Å². The molecule has 2 aliphatic rings. The Balaban J connectivity index is 1.01. The van der Waals surface area contributed by atoms with Crippen molar-refractivity contribution in [1.29, 1.82) is 0 Å². The maximum Gasteiger partial charge on any atom is 0.254 e. The first-order chi connectivity index (χ1) is 41.4. The number of furan rings is 1. The number of hydrogen-bond acceptors (Lipinski definition) is 6. The summed E-state index contributed by atoms with van der Waals surface area (Å²) in [7, 11) is 0. The molecule has 0 amide bonds. The molecule has 0 fully saturated rings. The summed E-state index contributed by atoms with van der Waals surface area (Å²) in [4.78, 5) is 10.1. The molecule has 2 aliphatic heterocycles. The number of anilines is 12. The van der Waals surface area contributed by atoms with Gasteiger partial charge in [0.1, 0.15) is 11.2 Å². The Labute approximate surface area is 501 Å². The molecule has 14 aromatic rings. The van der Waals surface area contributed by atoms with E-state index in [0.717, 1.165) is 78.8 Å². The van der Waals surface area contributed by atoms with Crippen LogP contribution >= 0.6 is 11.3 Å². The third-order valence-electron chi connectivity index (χ3n) is 17.7. The monoisotopic (exact) mass is 1110 g/mol. The van der Waals surface area contributed by atoms with Gasteiger partial charge in [-0.25, -0.2) is 0 Å². The summed E-state index contributed by atoms with van der Waals surface area (Å²) in [5.74, 6) is 0. The summed E-state index contributed by atoms with van der Waals surface area (Å²) in [6, 6.07) is 97.0. The fourth-order valence-electron chi connectivity index (χ4n) is 13.6. The second kappa shape index (κ2) is 19.4. The quantitative estimate of drug-likeness (QED) is 0.141. The summed E-state index contributed by atoms with van der Waals surface area (Å²) in [5, 5.41) is 7.06. The first-order valence-corrected chi connectivity index (χ1v) is 30.4. The van der Waals surface area contributed by atoms with E-state index in [2.05, 4.69) is 316 Å². The van der Waals surface area contributed by atoms with Crippen molar-refractivity contribution >= 4 is 156 Å². The number of para-hydroxylation sites is 3. The topological polar surface area (TPSA) is 26.1 Å². The van der Waals surface area contributed by atoms with Crippen molar-refractivity contribution in [3.05, 3.63) is 272 Å². The van der Waals surface area contributed by atoms with Gasteiger partial charge in [0.2, 0.25) is 0 Å². The zero-order valence-electron chi connectivity index (χ0n) is 48.5. The Hall–Kier alpha value is -9.82. The molecule has 16 rings (SSSR count). The second-order valence-corrected chi connectivity index (χ2v) is 26.0. The Morgan fingerprint density at radius 2 is 0.918 bits per heavy atom. The van der Waals surface area contributed by atoms with Gasteiger partial charge in [-0.3, -0.25) is 0 Å². The number of nitrogens with zero attached hydrogens (tertiary/aromatic N) is 4. The van der Waals surface area contributed by atoms with Crippen LogP contribution in [-0.4, -0.2) is 6.71 Å². The average molecular weight is 1110 g/mol. The summed E-state index contributed by atoms with van der Waals surface area (Å²) in [6.07, 6.45) is 0. The molecule has 0 unspecified atom stereocenters. The highest BCUT2D eigenvalue weighted by Crippen LogP contribution is 2.52. The van der Waals surface area contributed by atoms with Crippen LogP contribution in [0.1, 0.15) is 52.7 Å². The molecule has 0 bridgehead atoms. The molecule has 0 spiro atoms. The van der Waals surface area contributed by atoms with Crippen molar-refractivity contribution in [1.82, 2.24) is 0 Å². The summed E-state index contributed by atoms with van der Waals surface area (Å²) in [6.45, 7) is 13.6. The second-order valence-electron chi connectivity index (χ2n) is 24.9. The van der Waals surface area contributed by atoms with Crippen LogP contribution in [-0.2, 0) is 10.8 Å². The van der Waals surface area contributed by atoms with Crippen LogP contribution in [0.15, 0.2) is 265 Å². The third-order valence-corrected chi connectivity index (χ3v) is 18.9. The lowest BCUT2D eigenvalue weighted by Crippen LogP contribution is -2.61. The van der Waals surface area contributed by atoms with Gasteiger partial charge in [-0.15, -0.1) is 11.3 Å². The van der Waals surface area contributed by atoms with E-state index in [4.69, 9.17) is 4.42 Å². The molecule has 4 heterocycles. The van der Waals surface area contributed by atoms with Crippen molar-refractivity contribution in [2.75, 3.05) is 19.6 Å². The molecule has 85 heavy (non-hydrogen) atoms. The van der Waals surface area contributed by atoms with Gasteiger partial charge in [-0.05, 0) is 170 Å². The fourth-order valence-corrected chi connectivity index (χ4v) is 14.8. The predicted octanol–water partition coefficient (Wildman–Crippen LogP) is 20.7. The zero-order valence-corrected chi connectivity index (χ0v) is 49.3. The van der Waals surface area contributed by atoms with Gasteiger partial charge >= 0.3 is 0 Å². The van der Waals surface area contributed by atoms with Gasteiger partial charge in [0.25, 0.3) is 6.71 Å². The van der Waals surface area contributed by atoms with Crippen LogP contribution in [0, 0.1) is 0 Å². The molecular formula is C78H61BN4OS. The van der Waals surface area contributed by atoms with Gasteiger partial charge < -0.3 is 24.0 Å². The minimum atomic E-state index is -0.158. The highest BCUT2D eigenvalue weighted by atomic mass is 32.1. The molecule has 2 aromatic heterocycles. The van der Waals surface area contributed by atoms with Crippen molar-refractivity contribution < 1.29 is 4.42 Å². The minimum absolute atomic E-state index is 0.0204. The number of hydrogen-bond donors (Lipinski definition) is 0. The van der Waals surface area contributed by atoms with Gasteiger partial charge in [0, 0.05) is 93.5 Å². The smallest absolute Gasteiger partial charge is 0.254 e. The maximum absolute atomic E-state index is 6.46. The largest absolute Gasteiger partial charge is 0.456 e. The van der Waals surface area contributed by atoms with E-state index in [-0.39, 0.29) is 17.5 Å². The predicted molar refractivity (Wildman–Crippen MR) is 365 cm³/mol. The molecule has 7 heteroatoms. The lowest BCUT2D eigenvalue weighted by atomic mass is 9.33. The van der Waals surface area contributed by atoms with Gasteiger partial charge in [0.05, 0.1) is 5.69 Å². The summed E-state index contributed by atoms with van der Waals surface area (Å²) in [5.41, 5.74) is 21.5. The Morgan fingerprint density at radius 3 is 1.59 bits per heavy atom. The molecule has 0 radical (unpaired) electrons. The van der Waals surface area contributed by atoms with Crippen molar-refractivity contribution in [2.24, 2.45) is 0 Å². The highest BCUT2D eigenvalue weighted by Gasteiger charge is 2.46. The SMILES string of the molecule is CC(C)(C)c1ccc(N2c3cc(N(c4ccc5ccccc5c4)c4ccc5oc6ccccc6c5c4)ccc3B3c4c2cccc4N(c2ccc(C(C)(C)C)cc2)c2cc(N(c4ccccc4)c4ccccc4)c4c(sc5ccccc54)c23)cc1. The molecule has 5 nitrogen and oxygen atoms in total.